The number of hydrogen-bond donors (Lipinski definition) is 1. The molecule has 0 aliphatic rings. The highest BCUT2D eigenvalue weighted by Gasteiger charge is 2.42. The Hall–Kier alpha value is -3.45. The molecule has 0 aliphatic heterocycles. The van der Waals surface area contributed by atoms with Gasteiger partial charge in [-0.05, 0) is 6.07 Å². The molecule has 2 rings (SSSR count). The van der Waals surface area contributed by atoms with Gasteiger partial charge in [0.2, 0.25) is 11.6 Å². The zero-order valence-corrected chi connectivity index (χ0v) is 13.5. The molecule has 14 heteroatoms. The fourth-order valence-corrected chi connectivity index (χ4v) is 2.03. The van der Waals surface area contributed by atoms with Crippen LogP contribution in [0.25, 0.3) is 0 Å². The van der Waals surface area contributed by atoms with Gasteiger partial charge in [-0.2, -0.15) is 22.0 Å². The minimum absolute atomic E-state index is 0.589. The van der Waals surface area contributed by atoms with Gasteiger partial charge in [0.15, 0.2) is 24.0 Å². The predicted octanol–water partition coefficient (Wildman–Crippen LogP) is 4.33. The van der Waals surface area contributed by atoms with Gasteiger partial charge in [-0.3, -0.25) is 14.9 Å². The largest absolute Gasteiger partial charge is 0.477 e. The smallest absolute Gasteiger partial charge is 0.422 e. The number of hydrogen-bond acceptors (Lipinski definition) is 4. The summed E-state index contributed by atoms with van der Waals surface area (Å²) >= 11 is 0. The van der Waals surface area contributed by atoms with Gasteiger partial charge >= 0.3 is 6.18 Å². The second-order valence-corrected chi connectivity index (χ2v) is 5.22. The summed E-state index contributed by atoms with van der Waals surface area (Å²) in [6.07, 6.45) is -5.76. The first-order valence-corrected chi connectivity index (χ1v) is 7.14. The molecule has 0 saturated carbocycles. The van der Waals surface area contributed by atoms with Crippen LogP contribution in [0.15, 0.2) is 18.2 Å². The third kappa shape index (κ3) is 4.52. The Balaban J connectivity index is 2.24. The number of nitro benzene ring substituents is 1. The second kappa shape index (κ2) is 7.89. The van der Waals surface area contributed by atoms with Crippen LogP contribution in [-0.2, 0) is 11.0 Å². The van der Waals surface area contributed by atoms with Crippen molar-refractivity contribution < 1.29 is 49.6 Å². The van der Waals surface area contributed by atoms with Crippen LogP contribution in [-0.4, -0.2) is 17.4 Å². The predicted molar refractivity (Wildman–Crippen MR) is 78.5 cm³/mol. The Morgan fingerprint density at radius 3 is 2.07 bits per heavy atom. The summed E-state index contributed by atoms with van der Waals surface area (Å²) in [5.74, 6) is -15.2. The molecule has 0 spiro atoms. The van der Waals surface area contributed by atoms with Crippen molar-refractivity contribution in [1.29, 1.82) is 0 Å². The van der Waals surface area contributed by atoms with Gasteiger partial charge in [0, 0.05) is 12.1 Å². The SMILES string of the molecule is O=C(COc1c(F)c(F)c(C(F)(F)F)c(F)c1F)Nc1cc([N+](=O)[O-])ccc1F. The molecule has 1 amide bonds. The first-order chi connectivity index (χ1) is 13.3. The fraction of sp³-hybridized carbons (Fsp3) is 0.133. The van der Waals surface area contributed by atoms with E-state index < -0.39 is 75.4 Å². The number of benzene rings is 2. The number of nitrogens with zero attached hydrogens (tertiary/aromatic N) is 1. The molecule has 2 aromatic carbocycles. The summed E-state index contributed by atoms with van der Waals surface area (Å²) in [6, 6.07) is 1.97. The molecule has 0 heterocycles. The summed E-state index contributed by atoms with van der Waals surface area (Å²) in [5.41, 5.74) is -4.20. The number of carbonyl (C=O) groups excluding carboxylic acids is 1. The second-order valence-electron chi connectivity index (χ2n) is 5.22. The van der Waals surface area contributed by atoms with Crippen molar-refractivity contribution in [3.63, 3.8) is 0 Å². The maximum absolute atomic E-state index is 13.6. The standard InChI is InChI=1S/C15H6F8N2O4/c16-6-2-1-5(25(27)28)3-7(6)24-8(26)4-29-14-12(19)10(17)9(15(21,22)23)11(18)13(14)20/h1-3H,4H2,(H,24,26). The molecule has 0 fully saturated rings. The molecule has 0 unspecified atom stereocenters. The highest BCUT2D eigenvalue weighted by Crippen LogP contribution is 2.39. The van der Waals surface area contributed by atoms with Crippen LogP contribution in [0.2, 0.25) is 0 Å². The Labute approximate surface area is 154 Å². The number of halogens is 8. The molecule has 0 saturated heterocycles. The number of amides is 1. The van der Waals surface area contributed by atoms with Gasteiger partial charge in [0.1, 0.15) is 11.4 Å². The number of alkyl halides is 3. The van der Waals surface area contributed by atoms with Gasteiger partial charge in [-0.1, -0.05) is 0 Å². The molecule has 29 heavy (non-hydrogen) atoms. The number of carbonyl (C=O) groups is 1. The Kier molecular flexibility index (Phi) is 5.94. The Bertz CT molecular complexity index is 964. The van der Waals surface area contributed by atoms with Crippen molar-refractivity contribution >= 4 is 17.3 Å². The number of nitro groups is 1. The van der Waals surface area contributed by atoms with Crippen molar-refractivity contribution in [3.8, 4) is 5.75 Å². The van der Waals surface area contributed by atoms with E-state index in [2.05, 4.69) is 4.74 Å². The van der Waals surface area contributed by atoms with Gasteiger partial charge in [-0.25, -0.2) is 13.2 Å². The number of rotatable bonds is 5. The molecule has 2 aromatic rings. The van der Waals surface area contributed by atoms with Crippen molar-refractivity contribution in [2.75, 3.05) is 11.9 Å². The first-order valence-electron chi connectivity index (χ1n) is 7.14. The van der Waals surface area contributed by atoms with E-state index in [1.165, 1.54) is 0 Å². The molecular formula is C15H6F8N2O4. The van der Waals surface area contributed by atoms with Crippen molar-refractivity contribution in [2.24, 2.45) is 0 Å². The molecule has 0 bridgehead atoms. The van der Waals surface area contributed by atoms with Crippen LogP contribution in [0.5, 0.6) is 5.75 Å². The van der Waals surface area contributed by atoms with Gasteiger partial charge in [0.25, 0.3) is 11.6 Å². The van der Waals surface area contributed by atoms with E-state index in [0.717, 1.165) is 6.07 Å². The quantitative estimate of drug-likeness (QED) is 0.332. The molecule has 0 aromatic heterocycles. The minimum atomic E-state index is -5.76. The van der Waals surface area contributed by atoms with Crippen LogP contribution >= 0.6 is 0 Å². The lowest BCUT2D eigenvalue weighted by Crippen LogP contribution is -2.23. The topological polar surface area (TPSA) is 81.5 Å². The lowest BCUT2D eigenvalue weighted by atomic mass is 10.1. The van der Waals surface area contributed by atoms with E-state index >= 15 is 0 Å². The summed E-state index contributed by atoms with van der Waals surface area (Å²) in [5, 5.41) is 12.3. The zero-order chi connectivity index (χ0) is 22.1. The van der Waals surface area contributed by atoms with Gasteiger partial charge in [0.05, 0.1) is 10.6 Å². The average molecular weight is 430 g/mol. The van der Waals surface area contributed by atoms with Crippen LogP contribution in [0.1, 0.15) is 5.56 Å². The number of non-ortho nitro benzene ring substituents is 1. The summed E-state index contributed by atoms with van der Waals surface area (Å²) in [4.78, 5) is 21.3. The first kappa shape index (κ1) is 21.8. The minimum Gasteiger partial charge on any atom is -0.477 e. The zero-order valence-electron chi connectivity index (χ0n) is 13.5. The number of anilines is 1. The fourth-order valence-electron chi connectivity index (χ4n) is 2.03. The van der Waals surface area contributed by atoms with E-state index in [1.807, 2.05) is 0 Å². The molecule has 156 valence electrons. The maximum Gasteiger partial charge on any atom is 0.422 e. The molecule has 1 N–H and O–H groups in total. The lowest BCUT2D eigenvalue weighted by Gasteiger charge is -2.14. The summed E-state index contributed by atoms with van der Waals surface area (Å²) in [7, 11) is 0. The number of ether oxygens (including phenoxy) is 1. The van der Waals surface area contributed by atoms with E-state index in [9.17, 15) is 50.0 Å². The van der Waals surface area contributed by atoms with E-state index in [1.54, 1.807) is 5.32 Å². The van der Waals surface area contributed by atoms with Gasteiger partial charge in [-0.15, -0.1) is 0 Å². The average Bonchev–Trinajstić information content (AvgIpc) is 2.60. The van der Waals surface area contributed by atoms with E-state index in [4.69, 9.17) is 0 Å². The highest BCUT2D eigenvalue weighted by atomic mass is 19.4. The van der Waals surface area contributed by atoms with Gasteiger partial charge < -0.3 is 10.1 Å². The summed E-state index contributed by atoms with van der Waals surface area (Å²) in [6.45, 7) is -1.43. The third-order valence-electron chi connectivity index (χ3n) is 3.29. The van der Waals surface area contributed by atoms with Crippen molar-refractivity contribution in [3.05, 3.63) is 63.0 Å². The normalized spacial score (nSPS) is 11.3. The van der Waals surface area contributed by atoms with Crippen LogP contribution < -0.4 is 10.1 Å². The molecule has 0 radical (unpaired) electrons. The molecular weight excluding hydrogens is 424 g/mol. The van der Waals surface area contributed by atoms with E-state index in [-0.39, 0.29) is 0 Å². The van der Waals surface area contributed by atoms with Crippen molar-refractivity contribution in [1.82, 2.24) is 0 Å². The summed E-state index contributed by atoms with van der Waals surface area (Å²) < 4.78 is 109. The monoisotopic (exact) mass is 430 g/mol. The molecule has 6 nitrogen and oxygen atoms in total. The number of nitrogens with one attached hydrogen (secondary N) is 1. The van der Waals surface area contributed by atoms with Crippen LogP contribution in [0.3, 0.4) is 0 Å². The van der Waals surface area contributed by atoms with Crippen LogP contribution in [0, 0.1) is 39.2 Å². The molecule has 0 aliphatic carbocycles. The van der Waals surface area contributed by atoms with E-state index in [0.29, 0.717) is 12.1 Å². The third-order valence-corrected chi connectivity index (χ3v) is 3.29. The lowest BCUT2D eigenvalue weighted by molar-refractivity contribution is -0.384. The Morgan fingerprint density at radius 1 is 1.03 bits per heavy atom. The highest BCUT2D eigenvalue weighted by molar-refractivity contribution is 5.92. The maximum atomic E-state index is 13.6. The Morgan fingerprint density at radius 2 is 1.59 bits per heavy atom. The van der Waals surface area contributed by atoms with Crippen LogP contribution in [0.4, 0.5) is 46.5 Å². The van der Waals surface area contributed by atoms with Crippen molar-refractivity contribution in [2.45, 2.75) is 6.18 Å². The molecule has 0 atom stereocenters.